The van der Waals surface area contributed by atoms with Crippen LogP contribution in [0.2, 0.25) is 0 Å². The van der Waals surface area contributed by atoms with E-state index in [0.717, 1.165) is 26.4 Å². The van der Waals surface area contributed by atoms with Crippen molar-refractivity contribution < 1.29 is 14.3 Å². The van der Waals surface area contributed by atoms with Crippen molar-refractivity contribution in [3.8, 4) is 11.5 Å². The molecule has 0 aromatic heterocycles. The van der Waals surface area contributed by atoms with Crippen LogP contribution in [0.1, 0.15) is 25.6 Å². The molecule has 7 nitrogen and oxygen atoms in total. The molecule has 0 saturated carbocycles. The van der Waals surface area contributed by atoms with Crippen molar-refractivity contribution >= 4 is 44.5 Å². The van der Waals surface area contributed by atoms with Crippen molar-refractivity contribution in [3.63, 3.8) is 0 Å². The highest BCUT2D eigenvalue weighted by atomic mass is 79.9. The smallest absolute Gasteiger partial charge is 0.276 e. The van der Waals surface area contributed by atoms with Crippen LogP contribution in [0.25, 0.3) is 5.70 Å². The average molecular weight is 489 g/mol. The summed E-state index contributed by atoms with van der Waals surface area (Å²) in [6.07, 6.45) is -0.519. The number of amides is 1. The molecule has 30 heavy (non-hydrogen) atoms. The van der Waals surface area contributed by atoms with Gasteiger partial charge in [0.2, 0.25) is 0 Å². The first-order valence-electron chi connectivity index (χ1n) is 9.56. The molecule has 156 valence electrons. The molecule has 0 bridgehead atoms. The number of fused-ring (bicyclic) bond motifs is 2. The van der Waals surface area contributed by atoms with E-state index in [4.69, 9.17) is 19.6 Å². The van der Waals surface area contributed by atoms with Gasteiger partial charge in [-0.3, -0.25) is 15.1 Å². The molecule has 1 unspecified atom stereocenters. The number of ether oxygens (including phenoxy) is 2. The Kier molecular flexibility index (Phi) is 6.01. The summed E-state index contributed by atoms with van der Waals surface area (Å²) in [6.45, 7) is 4.45. The summed E-state index contributed by atoms with van der Waals surface area (Å²) in [4.78, 5) is 17.9. The summed E-state index contributed by atoms with van der Waals surface area (Å²) in [5.41, 5.74) is 1.31. The van der Waals surface area contributed by atoms with Crippen LogP contribution in [-0.2, 0) is 4.79 Å². The van der Waals surface area contributed by atoms with Crippen LogP contribution in [0.15, 0.2) is 51.0 Å². The minimum atomic E-state index is -0.519. The monoisotopic (exact) mass is 488 g/mol. The Morgan fingerprint density at radius 2 is 2.07 bits per heavy atom. The fourth-order valence-corrected chi connectivity index (χ4v) is 4.58. The quantitative estimate of drug-likeness (QED) is 0.700. The van der Waals surface area contributed by atoms with Crippen molar-refractivity contribution in [2.24, 2.45) is 10.1 Å². The fourth-order valence-electron chi connectivity index (χ4n) is 3.42. The highest BCUT2D eigenvalue weighted by molar-refractivity contribution is 9.10. The van der Waals surface area contributed by atoms with Crippen molar-refractivity contribution in [2.75, 3.05) is 19.5 Å². The minimum absolute atomic E-state index is 0.190. The van der Waals surface area contributed by atoms with Gasteiger partial charge in [0.25, 0.3) is 5.91 Å². The van der Waals surface area contributed by atoms with Gasteiger partial charge in [0.1, 0.15) is 5.70 Å². The van der Waals surface area contributed by atoms with Gasteiger partial charge in [-0.25, -0.2) is 5.01 Å². The van der Waals surface area contributed by atoms with Crippen molar-refractivity contribution in [1.82, 2.24) is 10.3 Å². The van der Waals surface area contributed by atoms with Crippen LogP contribution in [0, 0.1) is 0 Å². The topological polar surface area (TPSA) is 75.5 Å². The number of carbonyl (C=O) groups is 1. The van der Waals surface area contributed by atoms with Gasteiger partial charge in [0.15, 0.2) is 22.8 Å². The molecule has 1 amide bonds. The largest absolute Gasteiger partial charge is 0.493 e. The molecule has 2 heterocycles. The molecule has 0 spiro atoms. The number of hydrazone groups is 1. The minimum Gasteiger partial charge on any atom is -0.493 e. The van der Waals surface area contributed by atoms with Crippen LogP contribution < -0.4 is 25.4 Å². The Balaban J connectivity index is 1.92. The molecule has 1 N–H and O–H groups in total. The summed E-state index contributed by atoms with van der Waals surface area (Å²) >= 11 is 5.06. The molecule has 0 aliphatic carbocycles. The molecule has 1 atom stereocenters. The summed E-state index contributed by atoms with van der Waals surface area (Å²) in [6, 6.07) is 11.4. The molecule has 9 heteroatoms. The number of carbonyl (C=O) groups excluding carboxylic acids is 1. The Morgan fingerprint density at radius 1 is 1.27 bits per heavy atom. The summed E-state index contributed by atoms with van der Waals surface area (Å²) < 4.78 is 12.0. The van der Waals surface area contributed by atoms with Crippen LogP contribution in [0.4, 0.5) is 0 Å². The Bertz CT molecular complexity index is 1150. The molecule has 4 rings (SSSR count). The van der Waals surface area contributed by atoms with E-state index >= 15 is 0 Å². The van der Waals surface area contributed by atoms with Gasteiger partial charge in [-0.1, -0.05) is 36.9 Å². The average Bonchev–Trinajstić information content (AvgIpc) is 2.74. The van der Waals surface area contributed by atoms with E-state index in [-0.39, 0.29) is 5.91 Å². The summed E-state index contributed by atoms with van der Waals surface area (Å²) in [5, 5.41) is 11.4. The number of para-hydroxylation sites is 1. The number of thioether (sulfide) groups is 1. The maximum Gasteiger partial charge on any atom is 0.276 e. The van der Waals surface area contributed by atoms with Crippen LogP contribution in [0.3, 0.4) is 0 Å². The number of halogens is 1. The Labute approximate surface area is 187 Å². The molecule has 2 aliphatic heterocycles. The van der Waals surface area contributed by atoms with Crippen molar-refractivity contribution in [1.29, 1.82) is 0 Å². The fraction of sp³-hybridized carbons (Fsp3) is 0.286. The molecule has 0 radical (unpaired) electrons. The zero-order valence-corrected chi connectivity index (χ0v) is 19.2. The van der Waals surface area contributed by atoms with E-state index < -0.39 is 6.17 Å². The highest BCUT2D eigenvalue weighted by Gasteiger charge is 2.35. The van der Waals surface area contributed by atoms with E-state index in [2.05, 4.69) is 21.2 Å². The van der Waals surface area contributed by atoms with Crippen molar-refractivity contribution in [2.45, 2.75) is 20.0 Å². The van der Waals surface area contributed by atoms with Gasteiger partial charge in [0, 0.05) is 10.8 Å². The number of amidine groups is 1. The van der Waals surface area contributed by atoms with Crippen LogP contribution in [-0.4, -0.2) is 35.6 Å². The van der Waals surface area contributed by atoms with E-state index in [0.29, 0.717) is 29.0 Å². The second-order valence-corrected chi connectivity index (χ2v) is 8.58. The van der Waals surface area contributed by atoms with Gasteiger partial charge in [-0.15, -0.1) is 5.10 Å². The molecule has 2 aromatic rings. The number of hydrogen-bond donors (Lipinski definition) is 1. The highest BCUT2D eigenvalue weighted by Crippen LogP contribution is 2.41. The van der Waals surface area contributed by atoms with E-state index in [1.54, 1.807) is 12.1 Å². The lowest BCUT2D eigenvalue weighted by atomic mass is 10.1. The lowest BCUT2D eigenvalue weighted by molar-refractivity contribution is -0.116. The lowest BCUT2D eigenvalue weighted by Gasteiger charge is -2.34. The third-order valence-corrected chi connectivity index (χ3v) is 5.97. The number of methoxy groups -OCH3 is 1. The number of hydrogen-bond acceptors (Lipinski definition) is 7. The SMILES string of the molecule is CCOc1c(Br)cc(C2N=c3ccccc3=C3C(=O)NC(SCC)=NN32)cc1OC. The second kappa shape index (κ2) is 8.69. The number of nitrogens with one attached hydrogen (secondary N) is 1. The van der Waals surface area contributed by atoms with Gasteiger partial charge < -0.3 is 9.47 Å². The molecule has 2 aliphatic rings. The molecule has 2 aromatic carbocycles. The van der Waals surface area contributed by atoms with Gasteiger partial charge >= 0.3 is 0 Å². The predicted octanol–water partition coefficient (Wildman–Crippen LogP) is 2.75. The standard InChI is InChI=1S/C21H21BrN4O3S/c1-4-29-18-14(22)10-12(11-16(18)28-3)19-23-15-9-7-6-8-13(15)17-20(27)24-21(30-5-2)25-26(17)19/h6-11,19H,4-5H2,1-3H3,(H,24,25,27). The third-order valence-electron chi connectivity index (χ3n) is 4.64. The lowest BCUT2D eigenvalue weighted by Crippen LogP contribution is -2.50. The zero-order chi connectivity index (χ0) is 21.3. The maximum atomic E-state index is 13.0. The maximum absolute atomic E-state index is 13.0. The first kappa shape index (κ1) is 20.7. The number of rotatable bonds is 5. The van der Waals surface area contributed by atoms with Crippen LogP contribution in [0.5, 0.6) is 11.5 Å². The van der Waals surface area contributed by atoms with Gasteiger partial charge in [0.05, 0.1) is 23.5 Å². The first-order chi connectivity index (χ1) is 14.6. The normalized spacial score (nSPS) is 17.4. The molecule has 0 fully saturated rings. The van der Waals surface area contributed by atoms with Crippen molar-refractivity contribution in [3.05, 3.63) is 57.0 Å². The number of benzene rings is 2. The number of nitrogens with zero attached hydrogens (tertiary/aromatic N) is 3. The summed E-state index contributed by atoms with van der Waals surface area (Å²) in [5.74, 6) is 1.82. The Hall–Kier alpha value is -2.52. The van der Waals surface area contributed by atoms with E-state index in [1.165, 1.54) is 11.8 Å². The first-order valence-corrected chi connectivity index (χ1v) is 11.3. The molecule has 0 saturated heterocycles. The third kappa shape index (κ3) is 3.67. The van der Waals surface area contributed by atoms with Crippen LogP contribution >= 0.6 is 27.7 Å². The van der Waals surface area contributed by atoms with Gasteiger partial charge in [-0.05, 0) is 46.8 Å². The summed E-state index contributed by atoms with van der Waals surface area (Å²) in [7, 11) is 1.60. The second-order valence-electron chi connectivity index (χ2n) is 6.47. The predicted molar refractivity (Wildman–Crippen MR) is 121 cm³/mol. The van der Waals surface area contributed by atoms with E-state index in [1.807, 2.05) is 50.2 Å². The van der Waals surface area contributed by atoms with E-state index in [9.17, 15) is 4.79 Å². The molecular weight excluding hydrogens is 468 g/mol. The Morgan fingerprint density at radius 3 is 2.80 bits per heavy atom. The van der Waals surface area contributed by atoms with Gasteiger partial charge in [-0.2, -0.15) is 0 Å². The molecular formula is C21H21BrN4O3S. The zero-order valence-electron chi connectivity index (χ0n) is 16.8.